The van der Waals surface area contributed by atoms with E-state index in [1.54, 1.807) is 0 Å². The largest absolute Gasteiger partial charge is 0.418 e. The molecule has 0 aromatic heterocycles. The zero-order valence-corrected chi connectivity index (χ0v) is 10.7. The Morgan fingerprint density at radius 3 is 2.75 bits per heavy atom. The quantitative estimate of drug-likeness (QED) is 0.867. The molecule has 1 aliphatic heterocycles. The summed E-state index contributed by atoms with van der Waals surface area (Å²) in [7, 11) is 0. The third-order valence-electron chi connectivity index (χ3n) is 3.15. The number of anilines is 1. The first-order chi connectivity index (χ1) is 9.41. The molecule has 0 unspecified atom stereocenters. The lowest BCUT2D eigenvalue weighted by molar-refractivity contribution is -0.137. The summed E-state index contributed by atoms with van der Waals surface area (Å²) in [6.45, 7) is 0.289. The van der Waals surface area contributed by atoms with Gasteiger partial charge >= 0.3 is 6.18 Å². The highest BCUT2D eigenvalue weighted by Crippen LogP contribution is 2.37. The highest BCUT2D eigenvalue weighted by molar-refractivity contribution is 5.82. The van der Waals surface area contributed by atoms with Crippen LogP contribution in [0.25, 0.3) is 0 Å². The van der Waals surface area contributed by atoms with Crippen molar-refractivity contribution in [1.29, 1.82) is 0 Å². The maximum atomic E-state index is 13.1. The van der Waals surface area contributed by atoms with Crippen LogP contribution >= 0.6 is 0 Å². The van der Waals surface area contributed by atoms with E-state index in [-0.39, 0.29) is 23.7 Å². The minimum Gasteiger partial charge on any atom is -0.392 e. The van der Waals surface area contributed by atoms with Crippen molar-refractivity contribution in [3.63, 3.8) is 0 Å². The van der Waals surface area contributed by atoms with E-state index in [1.165, 1.54) is 17.0 Å². The maximum absolute atomic E-state index is 13.1. The number of carbonyl (C=O) groups is 1. The summed E-state index contributed by atoms with van der Waals surface area (Å²) in [5.74, 6) is -0.290. The predicted molar refractivity (Wildman–Crippen MR) is 67.2 cm³/mol. The van der Waals surface area contributed by atoms with Crippen LogP contribution in [0.4, 0.5) is 18.9 Å². The van der Waals surface area contributed by atoms with E-state index in [9.17, 15) is 18.0 Å². The van der Waals surface area contributed by atoms with Crippen LogP contribution in [0.5, 0.6) is 0 Å². The number of amides is 1. The third kappa shape index (κ3) is 3.22. The molecular formula is C13H15F3N2O2. The van der Waals surface area contributed by atoms with Gasteiger partial charge in [-0.3, -0.25) is 4.79 Å². The van der Waals surface area contributed by atoms with Crippen LogP contribution in [-0.4, -0.2) is 30.6 Å². The lowest BCUT2D eigenvalue weighted by Gasteiger charge is -2.25. The molecule has 1 saturated heterocycles. The van der Waals surface area contributed by atoms with E-state index in [0.717, 1.165) is 6.07 Å². The number of aliphatic hydroxyl groups excluding tert-OH is 1. The van der Waals surface area contributed by atoms with Crippen LogP contribution in [0.15, 0.2) is 18.2 Å². The monoisotopic (exact) mass is 288 g/mol. The van der Waals surface area contributed by atoms with Gasteiger partial charge in [-0.2, -0.15) is 13.2 Å². The smallest absolute Gasteiger partial charge is 0.392 e. The molecule has 0 saturated carbocycles. The Hall–Kier alpha value is -1.76. The van der Waals surface area contributed by atoms with Crippen LogP contribution in [0, 0.1) is 0 Å². The summed E-state index contributed by atoms with van der Waals surface area (Å²) in [6.07, 6.45) is -3.94. The van der Waals surface area contributed by atoms with Crippen molar-refractivity contribution in [2.24, 2.45) is 0 Å². The highest BCUT2D eigenvalue weighted by atomic mass is 19.4. The van der Waals surface area contributed by atoms with E-state index in [0.29, 0.717) is 19.5 Å². The molecule has 1 heterocycles. The van der Waals surface area contributed by atoms with Crippen molar-refractivity contribution in [1.82, 2.24) is 5.32 Å². The van der Waals surface area contributed by atoms with Gasteiger partial charge in [0.1, 0.15) is 0 Å². The van der Waals surface area contributed by atoms with Crippen LogP contribution in [0.2, 0.25) is 0 Å². The number of alkyl halides is 3. The Morgan fingerprint density at radius 2 is 2.10 bits per heavy atom. The highest BCUT2D eigenvalue weighted by Gasteiger charge is 2.35. The topological polar surface area (TPSA) is 52.6 Å². The van der Waals surface area contributed by atoms with Crippen LogP contribution in [-0.2, 0) is 17.6 Å². The lowest BCUT2D eigenvalue weighted by atomic mass is 10.1. The average molecular weight is 288 g/mol. The van der Waals surface area contributed by atoms with Gasteiger partial charge in [0.25, 0.3) is 0 Å². The van der Waals surface area contributed by atoms with Crippen LogP contribution in [0.1, 0.15) is 17.5 Å². The Labute approximate surface area is 114 Å². The first kappa shape index (κ1) is 14.6. The number of aliphatic hydroxyl groups is 1. The van der Waals surface area contributed by atoms with Gasteiger partial charge in [-0.25, -0.2) is 0 Å². The van der Waals surface area contributed by atoms with Gasteiger partial charge in [0, 0.05) is 18.8 Å². The van der Waals surface area contributed by atoms with Gasteiger partial charge in [0.15, 0.2) is 0 Å². The predicted octanol–water partition coefficient (Wildman–Crippen LogP) is 1.52. The molecule has 0 spiro atoms. The van der Waals surface area contributed by atoms with Crippen LogP contribution < -0.4 is 10.2 Å². The Kier molecular flexibility index (Phi) is 4.17. The minimum absolute atomic E-state index is 0.0215. The number of nitrogens with one attached hydrogen (secondary N) is 1. The Bertz CT molecular complexity index is 503. The summed E-state index contributed by atoms with van der Waals surface area (Å²) in [6, 6.07) is 3.68. The van der Waals surface area contributed by atoms with Crippen molar-refractivity contribution in [2.75, 3.05) is 24.5 Å². The average Bonchev–Trinajstić information content (AvgIpc) is 2.61. The zero-order chi connectivity index (χ0) is 14.8. The van der Waals surface area contributed by atoms with Crippen molar-refractivity contribution in [3.8, 4) is 0 Å². The molecule has 20 heavy (non-hydrogen) atoms. The molecule has 1 aliphatic rings. The van der Waals surface area contributed by atoms with Crippen molar-refractivity contribution < 1.29 is 23.1 Å². The number of carbonyl (C=O) groups excluding carboxylic acids is 1. The van der Waals surface area contributed by atoms with Gasteiger partial charge in [0.2, 0.25) is 5.91 Å². The van der Waals surface area contributed by atoms with Gasteiger partial charge in [-0.15, -0.1) is 0 Å². The second kappa shape index (κ2) is 5.70. The molecular weight excluding hydrogens is 273 g/mol. The van der Waals surface area contributed by atoms with Crippen molar-refractivity contribution >= 4 is 11.6 Å². The number of hydrogen-bond donors (Lipinski definition) is 2. The standard InChI is InChI=1S/C13H15F3N2O2/c14-13(15,16)10-6-9(8-19)2-3-11(10)18-5-1-4-17-12(20)7-18/h2-3,6,19H,1,4-5,7-8H2,(H,17,20). The summed E-state index contributed by atoms with van der Waals surface area (Å²) < 4.78 is 39.3. The van der Waals surface area contributed by atoms with E-state index < -0.39 is 18.3 Å². The molecule has 0 radical (unpaired) electrons. The zero-order valence-electron chi connectivity index (χ0n) is 10.7. The normalized spacial score (nSPS) is 16.8. The van der Waals surface area contributed by atoms with Crippen molar-refractivity contribution in [3.05, 3.63) is 29.3 Å². The van der Waals surface area contributed by atoms with Gasteiger partial charge in [0.05, 0.1) is 18.7 Å². The van der Waals surface area contributed by atoms with E-state index >= 15 is 0 Å². The summed E-state index contributed by atoms with van der Waals surface area (Å²) in [5, 5.41) is 11.6. The first-order valence-corrected chi connectivity index (χ1v) is 6.24. The van der Waals surface area contributed by atoms with E-state index in [2.05, 4.69) is 5.32 Å². The fourth-order valence-corrected chi connectivity index (χ4v) is 2.20. The number of rotatable bonds is 2. The molecule has 1 aromatic carbocycles. The lowest BCUT2D eigenvalue weighted by Crippen LogP contribution is -2.34. The van der Waals surface area contributed by atoms with E-state index in [1.807, 2.05) is 0 Å². The summed E-state index contributed by atoms with van der Waals surface area (Å²) >= 11 is 0. The molecule has 0 aliphatic carbocycles. The molecule has 1 aromatic rings. The SMILES string of the molecule is O=C1CN(c2ccc(CO)cc2C(F)(F)F)CCCN1. The maximum Gasteiger partial charge on any atom is 0.418 e. The molecule has 4 nitrogen and oxygen atoms in total. The molecule has 110 valence electrons. The van der Waals surface area contributed by atoms with E-state index in [4.69, 9.17) is 5.11 Å². The van der Waals surface area contributed by atoms with Crippen molar-refractivity contribution in [2.45, 2.75) is 19.2 Å². The number of nitrogens with zero attached hydrogens (tertiary/aromatic N) is 1. The summed E-state index contributed by atoms with van der Waals surface area (Å²) in [5.41, 5.74) is -0.647. The molecule has 7 heteroatoms. The minimum atomic E-state index is -4.52. The number of halogens is 3. The first-order valence-electron chi connectivity index (χ1n) is 6.24. The molecule has 2 rings (SSSR count). The van der Waals surface area contributed by atoms with Gasteiger partial charge in [-0.05, 0) is 24.1 Å². The molecule has 1 amide bonds. The summed E-state index contributed by atoms with van der Waals surface area (Å²) in [4.78, 5) is 12.9. The Balaban J connectivity index is 2.41. The van der Waals surface area contributed by atoms with Gasteiger partial charge in [-0.1, -0.05) is 6.07 Å². The fraction of sp³-hybridized carbons (Fsp3) is 0.462. The molecule has 0 bridgehead atoms. The second-order valence-corrected chi connectivity index (χ2v) is 4.63. The molecule has 0 atom stereocenters. The molecule has 2 N–H and O–H groups in total. The Morgan fingerprint density at radius 1 is 1.35 bits per heavy atom. The van der Waals surface area contributed by atoms with Gasteiger partial charge < -0.3 is 15.3 Å². The third-order valence-corrected chi connectivity index (χ3v) is 3.15. The number of benzene rings is 1. The second-order valence-electron chi connectivity index (χ2n) is 4.63. The number of hydrogen-bond acceptors (Lipinski definition) is 3. The fourth-order valence-electron chi connectivity index (χ4n) is 2.20. The van der Waals surface area contributed by atoms with Crippen LogP contribution in [0.3, 0.4) is 0 Å². The molecule has 1 fully saturated rings.